The number of amides is 1. The third kappa shape index (κ3) is 9.35. The maximum Gasteiger partial charge on any atom is 0.326 e. The topological polar surface area (TPSA) is 69.6 Å². The second-order valence-corrected chi connectivity index (χ2v) is 12.4. The van der Waals surface area contributed by atoms with E-state index in [1.807, 2.05) is 48.3 Å². The van der Waals surface area contributed by atoms with Crippen molar-refractivity contribution in [2.75, 3.05) is 37.1 Å². The summed E-state index contributed by atoms with van der Waals surface area (Å²) in [6, 6.07) is 13.3. The molecule has 1 saturated carbocycles. The first-order chi connectivity index (χ1) is 18.4. The van der Waals surface area contributed by atoms with Gasteiger partial charge in [-0.3, -0.25) is 9.69 Å². The molecule has 2 aromatic carbocycles. The number of nitrogens with one attached hydrogen (secondary N) is 1. The molecule has 1 unspecified atom stereocenters. The van der Waals surface area contributed by atoms with Gasteiger partial charge < -0.3 is 10.4 Å². The van der Waals surface area contributed by atoms with E-state index in [9.17, 15) is 14.7 Å². The number of benzene rings is 2. The molecule has 3 rings (SSSR count). The molecule has 1 fully saturated rings. The molecule has 1 aliphatic carbocycles. The van der Waals surface area contributed by atoms with E-state index in [4.69, 9.17) is 0 Å². The number of carboxylic acid groups (broad SMARTS) is 1. The number of nitrogens with zero attached hydrogens (tertiary/aromatic N) is 1. The molecule has 38 heavy (non-hydrogen) atoms. The third-order valence-corrected chi connectivity index (χ3v) is 8.81. The summed E-state index contributed by atoms with van der Waals surface area (Å²) in [4.78, 5) is 27.7. The molecule has 0 spiro atoms. The molecular weight excluding hydrogens is 512 g/mol. The van der Waals surface area contributed by atoms with Gasteiger partial charge in [-0.05, 0) is 84.9 Å². The number of aliphatic carboxylic acids is 1. The quantitative estimate of drug-likeness (QED) is 0.253. The van der Waals surface area contributed by atoms with E-state index in [-0.39, 0.29) is 5.91 Å². The molecule has 1 aliphatic rings. The van der Waals surface area contributed by atoms with Gasteiger partial charge in [0.05, 0.1) is 0 Å². The van der Waals surface area contributed by atoms with E-state index in [0.717, 1.165) is 48.0 Å². The standard InChI is InChI=1S/C31H44N2O3S2/c1-23-9-7-8-12-26(23)28-21-25(13-14-27(28)30(34)32-29(31(35)36)16-19-37-2)22-33(18-20-38-3)17-15-24-10-5-4-6-11-24/h7-9,12-14,21,24,29H,4-6,10-11,15-20,22H2,1-3H3,(H,32,34)(H,35,36). The predicted molar refractivity (Wildman–Crippen MR) is 163 cm³/mol. The average molecular weight is 557 g/mol. The van der Waals surface area contributed by atoms with Gasteiger partial charge in [0.1, 0.15) is 6.04 Å². The number of thioether (sulfide) groups is 2. The predicted octanol–water partition coefficient (Wildman–Crippen LogP) is 6.73. The summed E-state index contributed by atoms with van der Waals surface area (Å²) in [6.45, 7) is 5.05. The minimum absolute atomic E-state index is 0.333. The molecule has 2 N–H and O–H groups in total. The summed E-state index contributed by atoms with van der Waals surface area (Å²) in [5.41, 5.74) is 4.67. The zero-order chi connectivity index (χ0) is 27.3. The van der Waals surface area contributed by atoms with Crippen molar-refractivity contribution < 1.29 is 14.7 Å². The molecule has 7 heteroatoms. The van der Waals surface area contributed by atoms with Crippen molar-refractivity contribution in [2.45, 2.75) is 64.5 Å². The number of hydrogen-bond donors (Lipinski definition) is 2. The number of carboxylic acids is 1. The van der Waals surface area contributed by atoms with Crippen molar-refractivity contribution in [1.29, 1.82) is 0 Å². The van der Waals surface area contributed by atoms with Gasteiger partial charge in [0, 0.05) is 24.4 Å². The van der Waals surface area contributed by atoms with Crippen LogP contribution in [0.25, 0.3) is 11.1 Å². The molecule has 0 radical (unpaired) electrons. The summed E-state index contributed by atoms with van der Waals surface area (Å²) in [7, 11) is 0. The van der Waals surface area contributed by atoms with Crippen LogP contribution in [0.1, 0.15) is 66.4 Å². The molecule has 0 bridgehead atoms. The highest BCUT2D eigenvalue weighted by Crippen LogP contribution is 2.30. The number of carbonyl (C=O) groups is 2. The SMILES string of the molecule is CSCCC(NC(=O)c1ccc(CN(CCSC)CCC2CCCCC2)cc1-c1ccccc1C)C(=O)O. The Hall–Kier alpha value is -1.96. The lowest BCUT2D eigenvalue weighted by Gasteiger charge is -2.27. The normalized spacial score (nSPS) is 14.9. The van der Waals surface area contributed by atoms with Crippen LogP contribution in [0.2, 0.25) is 0 Å². The van der Waals surface area contributed by atoms with E-state index in [1.54, 1.807) is 11.8 Å². The van der Waals surface area contributed by atoms with Crippen LogP contribution < -0.4 is 5.32 Å². The minimum atomic E-state index is -0.996. The molecule has 0 heterocycles. The fourth-order valence-corrected chi connectivity index (χ4v) is 6.22. The van der Waals surface area contributed by atoms with Crippen molar-refractivity contribution in [2.24, 2.45) is 5.92 Å². The van der Waals surface area contributed by atoms with Crippen molar-refractivity contribution in [3.05, 3.63) is 59.2 Å². The maximum absolute atomic E-state index is 13.4. The average Bonchev–Trinajstić information content (AvgIpc) is 2.93. The molecular formula is C31H44N2O3S2. The van der Waals surface area contributed by atoms with Crippen LogP contribution in [-0.4, -0.2) is 65.0 Å². The maximum atomic E-state index is 13.4. The summed E-state index contributed by atoms with van der Waals surface area (Å²) in [6.07, 6.45) is 12.6. The van der Waals surface area contributed by atoms with Gasteiger partial charge in [-0.2, -0.15) is 23.5 Å². The Labute approximate surface area is 237 Å². The summed E-state index contributed by atoms with van der Waals surface area (Å²) in [5.74, 6) is 1.29. The van der Waals surface area contributed by atoms with E-state index in [0.29, 0.717) is 17.7 Å². The molecule has 0 aliphatic heterocycles. The second kappa shape index (κ2) is 16.2. The number of rotatable bonds is 15. The molecule has 1 atom stereocenters. The van der Waals surface area contributed by atoms with Gasteiger partial charge >= 0.3 is 5.97 Å². The van der Waals surface area contributed by atoms with Crippen molar-refractivity contribution in [1.82, 2.24) is 10.2 Å². The second-order valence-electron chi connectivity index (χ2n) is 10.4. The van der Waals surface area contributed by atoms with Gasteiger partial charge in [0.25, 0.3) is 5.91 Å². The Balaban J connectivity index is 1.85. The first-order valence-electron chi connectivity index (χ1n) is 13.9. The summed E-state index contributed by atoms with van der Waals surface area (Å²) in [5, 5.41) is 12.4. The molecule has 0 aromatic heterocycles. The van der Waals surface area contributed by atoms with E-state index in [2.05, 4.69) is 35.5 Å². The summed E-state index contributed by atoms with van der Waals surface area (Å²) < 4.78 is 0. The van der Waals surface area contributed by atoms with Gasteiger partial charge in [-0.15, -0.1) is 0 Å². The van der Waals surface area contributed by atoms with Crippen LogP contribution in [0.15, 0.2) is 42.5 Å². The number of aryl methyl sites for hydroxylation is 1. The molecule has 5 nitrogen and oxygen atoms in total. The first-order valence-corrected chi connectivity index (χ1v) is 16.6. The van der Waals surface area contributed by atoms with E-state index < -0.39 is 12.0 Å². The highest BCUT2D eigenvalue weighted by atomic mass is 32.2. The molecule has 2 aromatic rings. The largest absolute Gasteiger partial charge is 0.480 e. The van der Waals surface area contributed by atoms with Crippen LogP contribution in [0, 0.1) is 12.8 Å². The van der Waals surface area contributed by atoms with E-state index >= 15 is 0 Å². The Kier molecular flexibility index (Phi) is 13.0. The number of hydrogen-bond acceptors (Lipinski definition) is 5. The minimum Gasteiger partial charge on any atom is -0.480 e. The van der Waals surface area contributed by atoms with Crippen molar-refractivity contribution >= 4 is 35.4 Å². The fourth-order valence-electron chi connectivity index (χ4n) is 5.30. The molecule has 208 valence electrons. The van der Waals surface area contributed by atoms with Crippen LogP contribution >= 0.6 is 23.5 Å². The van der Waals surface area contributed by atoms with E-state index in [1.165, 1.54) is 44.1 Å². The Bertz CT molecular complexity index is 1040. The van der Waals surface area contributed by atoms with Crippen LogP contribution in [0.5, 0.6) is 0 Å². The Morgan fingerprint density at radius 2 is 1.74 bits per heavy atom. The van der Waals surface area contributed by atoms with Crippen LogP contribution in [-0.2, 0) is 11.3 Å². The summed E-state index contributed by atoms with van der Waals surface area (Å²) >= 11 is 3.46. The highest BCUT2D eigenvalue weighted by Gasteiger charge is 2.23. The van der Waals surface area contributed by atoms with Crippen LogP contribution in [0.4, 0.5) is 0 Å². The zero-order valence-corrected chi connectivity index (χ0v) is 24.8. The van der Waals surface area contributed by atoms with Crippen molar-refractivity contribution in [3.8, 4) is 11.1 Å². The first kappa shape index (κ1) is 30.6. The van der Waals surface area contributed by atoms with Gasteiger partial charge in [-0.25, -0.2) is 4.79 Å². The van der Waals surface area contributed by atoms with Gasteiger partial charge in [-0.1, -0.05) is 62.4 Å². The lowest BCUT2D eigenvalue weighted by Crippen LogP contribution is -2.41. The van der Waals surface area contributed by atoms with Crippen molar-refractivity contribution in [3.63, 3.8) is 0 Å². The van der Waals surface area contributed by atoms with Gasteiger partial charge in [0.15, 0.2) is 0 Å². The number of carbonyl (C=O) groups excluding carboxylic acids is 1. The van der Waals surface area contributed by atoms with Crippen LogP contribution in [0.3, 0.4) is 0 Å². The third-order valence-electron chi connectivity index (χ3n) is 7.57. The molecule has 0 saturated heterocycles. The molecule has 1 amide bonds. The monoisotopic (exact) mass is 556 g/mol. The smallest absolute Gasteiger partial charge is 0.326 e. The fraction of sp³-hybridized carbons (Fsp3) is 0.548. The lowest BCUT2D eigenvalue weighted by atomic mass is 9.87. The lowest BCUT2D eigenvalue weighted by molar-refractivity contribution is -0.139. The Morgan fingerprint density at radius 1 is 1.00 bits per heavy atom. The van der Waals surface area contributed by atoms with Gasteiger partial charge in [0.2, 0.25) is 0 Å². The highest BCUT2D eigenvalue weighted by molar-refractivity contribution is 7.98. The Morgan fingerprint density at radius 3 is 2.42 bits per heavy atom. The zero-order valence-electron chi connectivity index (χ0n) is 23.2.